The second-order valence-electron chi connectivity index (χ2n) is 4.05. The Morgan fingerprint density at radius 3 is 3.00 bits per heavy atom. The number of nitrogens with zero attached hydrogens (tertiary/aromatic N) is 2. The van der Waals surface area contributed by atoms with Crippen molar-refractivity contribution >= 4 is 6.03 Å². The summed E-state index contributed by atoms with van der Waals surface area (Å²) >= 11 is 0. The van der Waals surface area contributed by atoms with Crippen molar-refractivity contribution in [1.82, 2.24) is 14.9 Å². The highest BCUT2D eigenvalue weighted by Crippen LogP contribution is 2.22. The third kappa shape index (κ3) is 3.48. The van der Waals surface area contributed by atoms with Crippen LogP contribution in [0.5, 0.6) is 5.75 Å². The number of primary amides is 1. The van der Waals surface area contributed by atoms with Crippen LogP contribution in [0, 0.1) is 0 Å². The highest BCUT2D eigenvalue weighted by molar-refractivity contribution is 5.71. The van der Waals surface area contributed by atoms with Gasteiger partial charge in [0.05, 0.1) is 6.33 Å². The fraction of sp³-hybridized carbons (Fsp3) is 0.231. The molecule has 0 aliphatic carbocycles. The molecule has 0 spiro atoms. The predicted molar refractivity (Wildman–Crippen MR) is 70.4 cm³/mol. The summed E-state index contributed by atoms with van der Waals surface area (Å²) in [7, 11) is 0. The van der Waals surface area contributed by atoms with Crippen molar-refractivity contribution in [2.45, 2.75) is 19.7 Å². The maximum atomic E-state index is 10.8. The molecule has 0 saturated heterocycles. The lowest BCUT2D eigenvalue weighted by Gasteiger charge is -2.18. The molecule has 0 fully saturated rings. The Kier molecular flexibility index (Phi) is 4.02. The Labute approximate surface area is 111 Å². The third-order valence-corrected chi connectivity index (χ3v) is 2.67. The number of imidazole rings is 1. The number of hydrogen-bond donors (Lipinski definition) is 2. The summed E-state index contributed by atoms with van der Waals surface area (Å²) in [5.74, 6) is 0.706. The van der Waals surface area contributed by atoms with Crippen molar-refractivity contribution in [3.63, 3.8) is 0 Å². The smallest absolute Gasteiger partial charge is 0.312 e. The van der Waals surface area contributed by atoms with E-state index in [-0.39, 0.29) is 6.23 Å². The third-order valence-electron chi connectivity index (χ3n) is 2.67. The molecule has 19 heavy (non-hydrogen) atoms. The minimum atomic E-state index is -0.558. The molecule has 2 aromatic rings. The number of nitrogens with two attached hydrogens (primary N) is 1. The summed E-state index contributed by atoms with van der Waals surface area (Å²) in [4.78, 5) is 14.7. The van der Waals surface area contributed by atoms with Gasteiger partial charge >= 0.3 is 6.03 Å². The molecule has 0 saturated carbocycles. The van der Waals surface area contributed by atoms with E-state index in [1.165, 1.54) is 0 Å². The second kappa shape index (κ2) is 5.90. The van der Waals surface area contributed by atoms with Crippen molar-refractivity contribution in [3.05, 3.63) is 48.5 Å². The lowest BCUT2D eigenvalue weighted by Crippen LogP contribution is -2.28. The van der Waals surface area contributed by atoms with Gasteiger partial charge < -0.3 is 20.4 Å². The van der Waals surface area contributed by atoms with Gasteiger partial charge in [-0.05, 0) is 13.0 Å². The molecular weight excluding hydrogens is 244 g/mol. The molecule has 0 bridgehead atoms. The number of urea groups is 1. The van der Waals surface area contributed by atoms with Crippen LogP contribution >= 0.6 is 0 Å². The molecule has 1 heterocycles. The number of amides is 2. The number of carbonyl (C=O) groups is 1. The molecule has 6 nitrogen and oxygen atoms in total. The van der Waals surface area contributed by atoms with Gasteiger partial charge in [-0.2, -0.15) is 0 Å². The molecule has 2 amide bonds. The monoisotopic (exact) mass is 260 g/mol. The Bertz CT molecular complexity index is 539. The number of aromatic nitrogens is 2. The molecule has 1 unspecified atom stereocenters. The van der Waals surface area contributed by atoms with E-state index in [2.05, 4.69) is 10.3 Å². The lowest BCUT2D eigenvalue weighted by molar-refractivity contribution is 0.150. The number of nitrogens with one attached hydrogen (secondary N) is 1. The van der Waals surface area contributed by atoms with Gasteiger partial charge in [-0.25, -0.2) is 9.78 Å². The van der Waals surface area contributed by atoms with Gasteiger partial charge in [-0.15, -0.1) is 0 Å². The van der Waals surface area contributed by atoms with Crippen LogP contribution in [-0.2, 0) is 6.54 Å². The second-order valence-corrected chi connectivity index (χ2v) is 4.05. The molecular formula is C13H16N4O2. The molecule has 1 atom stereocenters. The molecule has 6 heteroatoms. The topological polar surface area (TPSA) is 82.2 Å². The van der Waals surface area contributed by atoms with E-state index in [4.69, 9.17) is 10.5 Å². The SMILES string of the molecule is CC(Oc1ccccc1CNC(N)=O)n1ccnc1. The minimum absolute atomic E-state index is 0.183. The Morgan fingerprint density at radius 1 is 1.53 bits per heavy atom. The molecule has 0 radical (unpaired) electrons. The standard InChI is InChI=1S/C13H16N4O2/c1-10(17-7-6-15-9-17)19-12-5-3-2-4-11(12)8-16-13(14)18/h2-7,9-10H,8H2,1H3,(H3,14,16,18). The minimum Gasteiger partial charge on any atom is -0.470 e. The van der Waals surface area contributed by atoms with Gasteiger partial charge in [0.2, 0.25) is 0 Å². The van der Waals surface area contributed by atoms with E-state index in [1.54, 1.807) is 12.5 Å². The summed E-state index contributed by atoms with van der Waals surface area (Å²) in [5, 5.41) is 2.55. The number of carbonyl (C=O) groups excluding carboxylic acids is 1. The fourth-order valence-corrected chi connectivity index (χ4v) is 1.68. The van der Waals surface area contributed by atoms with E-state index in [1.807, 2.05) is 42.0 Å². The Morgan fingerprint density at radius 2 is 2.32 bits per heavy atom. The van der Waals surface area contributed by atoms with E-state index in [0.717, 1.165) is 5.56 Å². The van der Waals surface area contributed by atoms with Gasteiger partial charge in [-0.3, -0.25) is 0 Å². The predicted octanol–water partition coefficient (Wildman–Crippen LogP) is 1.65. The normalized spacial score (nSPS) is 11.8. The van der Waals surface area contributed by atoms with E-state index in [0.29, 0.717) is 12.3 Å². The van der Waals surface area contributed by atoms with E-state index < -0.39 is 6.03 Å². The average molecular weight is 260 g/mol. The average Bonchev–Trinajstić information content (AvgIpc) is 2.91. The first-order chi connectivity index (χ1) is 9.16. The largest absolute Gasteiger partial charge is 0.470 e. The van der Waals surface area contributed by atoms with Crippen LogP contribution < -0.4 is 15.8 Å². The summed E-state index contributed by atoms with van der Waals surface area (Å²) < 4.78 is 7.70. The zero-order chi connectivity index (χ0) is 13.7. The molecule has 1 aromatic carbocycles. The van der Waals surface area contributed by atoms with Crippen LogP contribution in [0.2, 0.25) is 0 Å². The van der Waals surface area contributed by atoms with Crippen LogP contribution in [0.15, 0.2) is 43.0 Å². The maximum Gasteiger partial charge on any atom is 0.312 e. The molecule has 0 aliphatic heterocycles. The van der Waals surface area contributed by atoms with Crippen molar-refractivity contribution in [2.75, 3.05) is 0 Å². The van der Waals surface area contributed by atoms with Crippen LogP contribution in [0.25, 0.3) is 0 Å². The van der Waals surface area contributed by atoms with Crippen molar-refractivity contribution in [2.24, 2.45) is 5.73 Å². The van der Waals surface area contributed by atoms with Gasteiger partial charge in [-0.1, -0.05) is 18.2 Å². The van der Waals surface area contributed by atoms with Crippen molar-refractivity contribution in [3.8, 4) is 5.75 Å². The Hall–Kier alpha value is -2.50. The number of para-hydroxylation sites is 1. The van der Waals surface area contributed by atoms with Gasteiger partial charge in [0.1, 0.15) is 5.75 Å². The molecule has 1 aromatic heterocycles. The highest BCUT2D eigenvalue weighted by Gasteiger charge is 2.09. The highest BCUT2D eigenvalue weighted by atomic mass is 16.5. The van der Waals surface area contributed by atoms with Crippen molar-refractivity contribution < 1.29 is 9.53 Å². The van der Waals surface area contributed by atoms with Crippen LogP contribution in [0.3, 0.4) is 0 Å². The fourth-order valence-electron chi connectivity index (χ4n) is 1.68. The first kappa shape index (κ1) is 12.9. The first-order valence-electron chi connectivity index (χ1n) is 5.92. The zero-order valence-electron chi connectivity index (χ0n) is 10.6. The summed E-state index contributed by atoms with van der Waals surface area (Å²) in [5.41, 5.74) is 5.93. The van der Waals surface area contributed by atoms with Gasteiger partial charge in [0.25, 0.3) is 0 Å². The molecule has 100 valence electrons. The van der Waals surface area contributed by atoms with Crippen LogP contribution in [-0.4, -0.2) is 15.6 Å². The number of rotatable bonds is 5. The van der Waals surface area contributed by atoms with E-state index in [9.17, 15) is 4.79 Å². The zero-order valence-corrected chi connectivity index (χ0v) is 10.6. The van der Waals surface area contributed by atoms with E-state index >= 15 is 0 Å². The van der Waals surface area contributed by atoms with Gasteiger partial charge in [0, 0.05) is 24.5 Å². The van der Waals surface area contributed by atoms with Crippen LogP contribution in [0.4, 0.5) is 4.79 Å². The maximum absolute atomic E-state index is 10.8. The molecule has 0 aliphatic rings. The van der Waals surface area contributed by atoms with Crippen LogP contribution in [0.1, 0.15) is 18.7 Å². The Balaban J connectivity index is 2.09. The lowest BCUT2D eigenvalue weighted by atomic mass is 10.2. The summed E-state index contributed by atoms with van der Waals surface area (Å²) in [6, 6.07) is 6.94. The molecule has 2 rings (SSSR count). The number of ether oxygens (including phenoxy) is 1. The summed E-state index contributed by atoms with van der Waals surface area (Å²) in [6.45, 7) is 2.25. The quantitative estimate of drug-likeness (QED) is 0.857. The molecule has 3 N–H and O–H groups in total. The van der Waals surface area contributed by atoms with Crippen molar-refractivity contribution in [1.29, 1.82) is 0 Å². The summed E-state index contributed by atoms with van der Waals surface area (Å²) in [6.07, 6.45) is 5.03. The first-order valence-corrected chi connectivity index (χ1v) is 5.92. The van der Waals surface area contributed by atoms with Gasteiger partial charge in [0.15, 0.2) is 6.23 Å². The number of hydrogen-bond acceptors (Lipinski definition) is 3. The number of benzene rings is 1.